The van der Waals surface area contributed by atoms with Crippen molar-refractivity contribution in [3.8, 4) is 0 Å². The molecule has 0 aromatic carbocycles. The zero-order chi connectivity index (χ0) is 10.8. The topological polar surface area (TPSA) is 70.1 Å². The van der Waals surface area contributed by atoms with Crippen LogP contribution in [-0.4, -0.2) is 22.4 Å². The van der Waals surface area contributed by atoms with E-state index in [9.17, 15) is 4.79 Å². The summed E-state index contributed by atoms with van der Waals surface area (Å²) in [5.41, 5.74) is 5.38. The molecule has 0 amide bonds. The third-order valence-electron chi connectivity index (χ3n) is 2.00. The first-order valence-corrected chi connectivity index (χ1v) is 4.43. The molecule has 1 aromatic rings. The summed E-state index contributed by atoms with van der Waals surface area (Å²) in [5.74, 6) is -0.437. The normalized spacial score (nSPS) is 14.9. The number of hydrogen-bond acceptors (Lipinski definition) is 4. The first-order chi connectivity index (χ1) is 6.48. The Morgan fingerprint density at radius 2 is 2.43 bits per heavy atom. The van der Waals surface area contributed by atoms with E-state index >= 15 is 0 Å². The summed E-state index contributed by atoms with van der Waals surface area (Å²) >= 11 is 0. The summed E-state index contributed by atoms with van der Waals surface area (Å²) in [6.45, 7) is 3.69. The number of rotatable bonds is 3. The minimum Gasteiger partial charge on any atom is -0.464 e. The first kappa shape index (κ1) is 10.7. The Kier molecular flexibility index (Phi) is 2.90. The molecule has 0 bridgehead atoms. The van der Waals surface area contributed by atoms with Gasteiger partial charge < -0.3 is 10.5 Å². The number of esters is 1. The molecule has 1 unspecified atom stereocenters. The number of aromatic nitrogens is 2. The molecule has 1 heterocycles. The van der Waals surface area contributed by atoms with Crippen LogP contribution in [0.1, 0.15) is 19.4 Å². The molecular formula is C9H15N3O2. The van der Waals surface area contributed by atoms with Crippen LogP contribution in [0.15, 0.2) is 12.4 Å². The van der Waals surface area contributed by atoms with Gasteiger partial charge in [-0.25, -0.2) is 4.79 Å². The van der Waals surface area contributed by atoms with Crippen LogP contribution in [0.5, 0.6) is 0 Å². The summed E-state index contributed by atoms with van der Waals surface area (Å²) < 4.78 is 6.47. The standard InChI is InChI=1S/C9H15N3O2/c1-4-14-8(13)9(2,10)7-5-11-12(3)6-7/h5-6H,4,10H2,1-3H3. The number of carbonyl (C=O) groups is 1. The van der Waals surface area contributed by atoms with Gasteiger partial charge in [-0.3, -0.25) is 4.68 Å². The number of hydrogen-bond donors (Lipinski definition) is 1. The van der Waals surface area contributed by atoms with Gasteiger partial charge in [-0.1, -0.05) is 0 Å². The van der Waals surface area contributed by atoms with E-state index in [1.165, 1.54) is 0 Å². The van der Waals surface area contributed by atoms with Crippen molar-refractivity contribution in [1.82, 2.24) is 9.78 Å². The van der Waals surface area contributed by atoms with Crippen molar-refractivity contribution in [2.75, 3.05) is 6.61 Å². The van der Waals surface area contributed by atoms with Crippen LogP contribution < -0.4 is 5.73 Å². The fourth-order valence-electron chi connectivity index (χ4n) is 1.09. The molecule has 0 aliphatic heterocycles. The van der Waals surface area contributed by atoms with Crippen molar-refractivity contribution in [3.63, 3.8) is 0 Å². The lowest BCUT2D eigenvalue weighted by atomic mass is 9.97. The van der Waals surface area contributed by atoms with Crippen LogP contribution in [0.2, 0.25) is 0 Å². The minimum absolute atomic E-state index is 0.325. The van der Waals surface area contributed by atoms with Crippen molar-refractivity contribution < 1.29 is 9.53 Å². The predicted octanol–water partition coefficient (Wildman–Crippen LogP) is 0.157. The summed E-state index contributed by atoms with van der Waals surface area (Å²) in [4.78, 5) is 11.5. The van der Waals surface area contributed by atoms with Gasteiger partial charge in [0.2, 0.25) is 0 Å². The third kappa shape index (κ3) is 1.93. The lowest BCUT2D eigenvalue weighted by Gasteiger charge is -2.20. The monoisotopic (exact) mass is 197 g/mol. The van der Waals surface area contributed by atoms with E-state index < -0.39 is 11.5 Å². The second-order valence-electron chi connectivity index (χ2n) is 3.33. The van der Waals surface area contributed by atoms with Crippen LogP contribution in [0, 0.1) is 0 Å². The highest BCUT2D eigenvalue weighted by Gasteiger charge is 2.33. The van der Waals surface area contributed by atoms with Gasteiger partial charge in [0.15, 0.2) is 0 Å². The van der Waals surface area contributed by atoms with Gasteiger partial charge in [0, 0.05) is 18.8 Å². The van der Waals surface area contributed by atoms with Crippen LogP contribution in [-0.2, 0) is 22.1 Å². The quantitative estimate of drug-likeness (QED) is 0.700. The molecule has 0 spiro atoms. The Hall–Kier alpha value is -1.36. The molecule has 5 heteroatoms. The van der Waals surface area contributed by atoms with Crippen molar-refractivity contribution in [1.29, 1.82) is 0 Å². The fraction of sp³-hybridized carbons (Fsp3) is 0.556. The Bertz CT molecular complexity index is 331. The summed E-state index contributed by atoms with van der Waals surface area (Å²) in [5, 5.41) is 3.95. The summed E-state index contributed by atoms with van der Waals surface area (Å²) in [7, 11) is 1.77. The Balaban J connectivity index is 2.89. The summed E-state index contributed by atoms with van der Waals surface area (Å²) in [6.07, 6.45) is 3.27. The molecular weight excluding hydrogens is 182 g/mol. The second-order valence-corrected chi connectivity index (χ2v) is 3.33. The Morgan fingerprint density at radius 1 is 1.79 bits per heavy atom. The van der Waals surface area contributed by atoms with Crippen molar-refractivity contribution in [2.45, 2.75) is 19.4 Å². The van der Waals surface area contributed by atoms with E-state index in [0.717, 1.165) is 0 Å². The second kappa shape index (κ2) is 3.79. The maximum Gasteiger partial charge on any atom is 0.330 e. The van der Waals surface area contributed by atoms with E-state index in [1.807, 2.05) is 0 Å². The fourth-order valence-corrected chi connectivity index (χ4v) is 1.09. The number of aryl methyl sites for hydroxylation is 1. The number of carbonyl (C=O) groups excluding carboxylic acids is 1. The van der Waals surface area contributed by atoms with Crippen molar-refractivity contribution in [2.24, 2.45) is 12.8 Å². The molecule has 5 nitrogen and oxygen atoms in total. The van der Waals surface area contributed by atoms with Gasteiger partial charge in [0.05, 0.1) is 12.8 Å². The van der Waals surface area contributed by atoms with Crippen LogP contribution in [0.4, 0.5) is 0 Å². The number of nitrogens with zero attached hydrogens (tertiary/aromatic N) is 2. The van der Waals surface area contributed by atoms with E-state index in [0.29, 0.717) is 12.2 Å². The van der Waals surface area contributed by atoms with Gasteiger partial charge >= 0.3 is 5.97 Å². The average Bonchev–Trinajstić information content (AvgIpc) is 2.52. The van der Waals surface area contributed by atoms with Gasteiger partial charge in [-0.05, 0) is 13.8 Å². The zero-order valence-electron chi connectivity index (χ0n) is 8.65. The number of ether oxygens (including phenoxy) is 1. The highest BCUT2D eigenvalue weighted by atomic mass is 16.5. The average molecular weight is 197 g/mol. The molecule has 0 saturated carbocycles. The SMILES string of the molecule is CCOC(=O)C(C)(N)c1cnn(C)c1. The molecule has 0 fully saturated rings. The molecule has 2 N–H and O–H groups in total. The van der Waals surface area contributed by atoms with Gasteiger partial charge in [0.25, 0.3) is 0 Å². The van der Waals surface area contributed by atoms with E-state index in [1.54, 1.807) is 38.0 Å². The lowest BCUT2D eigenvalue weighted by Crippen LogP contribution is -2.42. The first-order valence-electron chi connectivity index (χ1n) is 4.43. The third-order valence-corrected chi connectivity index (χ3v) is 2.00. The molecule has 0 radical (unpaired) electrons. The van der Waals surface area contributed by atoms with E-state index in [2.05, 4.69) is 5.10 Å². The van der Waals surface area contributed by atoms with Crippen LogP contribution in [0.3, 0.4) is 0 Å². The molecule has 1 atom stereocenters. The largest absolute Gasteiger partial charge is 0.464 e. The van der Waals surface area contributed by atoms with Gasteiger partial charge in [-0.2, -0.15) is 5.10 Å². The smallest absolute Gasteiger partial charge is 0.330 e. The van der Waals surface area contributed by atoms with Gasteiger partial charge in [-0.15, -0.1) is 0 Å². The van der Waals surface area contributed by atoms with Gasteiger partial charge in [0.1, 0.15) is 5.54 Å². The Labute approximate surface area is 82.8 Å². The highest BCUT2D eigenvalue weighted by Crippen LogP contribution is 2.18. The zero-order valence-corrected chi connectivity index (χ0v) is 8.65. The maximum atomic E-state index is 11.5. The summed E-state index contributed by atoms with van der Waals surface area (Å²) in [6, 6.07) is 0. The van der Waals surface area contributed by atoms with E-state index in [4.69, 9.17) is 10.5 Å². The maximum absolute atomic E-state index is 11.5. The lowest BCUT2D eigenvalue weighted by molar-refractivity contribution is -0.149. The predicted molar refractivity (Wildman–Crippen MR) is 51.4 cm³/mol. The molecule has 78 valence electrons. The van der Waals surface area contributed by atoms with Crippen LogP contribution in [0.25, 0.3) is 0 Å². The molecule has 14 heavy (non-hydrogen) atoms. The van der Waals surface area contributed by atoms with Crippen LogP contribution >= 0.6 is 0 Å². The molecule has 0 aliphatic rings. The molecule has 1 rings (SSSR count). The molecule has 0 aliphatic carbocycles. The molecule has 1 aromatic heterocycles. The highest BCUT2D eigenvalue weighted by molar-refractivity contribution is 5.81. The van der Waals surface area contributed by atoms with Crippen molar-refractivity contribution in [3.05, 3.63) is 18.0 Å². The van der Waals surface area contributed by atoms with Crippen molar-refractivity contribution >= 4 is 5.97 Å². The van der Waals surface area contributed by atoms with E-state index in [-0.39, 0.29) is 0 Å². The number of nitrogens with two attached hydrogens (primary N) is 1. The Morgan fingerprint density at radius 3 is 2.86 bits per heavy atom. The molecule has 0 saturated heterocycles. The minimum atomic E-state index is -1.12.